The SMILES string of the molecule is NCC1(c2cc(-c3ccccc3)cs2)CCOCC1. The fourth-order valence-electron chi connectivity index (χ4n) is 2.71. The molecule has 1 aromatic heterocycles. The maximum absolute atomic E-state index is 6.07. The molecule has 1 fully saturated rings. The van der Waals surface area contributed by atoms with E-state index in [1.165, 1.54) is 16.0 Å². The molecule has 2 aromatic rings. The Morgan fingerprint density at radius 2 is 1.84 bits per heavy atom. The van der Waals surface area contributed by atoms with Crippen molar-refractivity contribution in [2.24, 2.45) is 5.73 Å². The van der Waals surface area contributed by atoms with E-state index in [1.807, 2.05) is 11.3 Å². The largest absolute Gasteiger partial charge is 0.381 e. The van der Waals surface area contributed by atoms with Crippen LogP contribution in [0, 0.1) is 0 Å². The van der Waals surface area contributed by atoms with Crippen LogP contribution in [-0.4, -0.2) is 19.8 Å². The fraction of sp³-hybridized carbons (Fsp3) is 0.375. The van der Waals surface area contributed by atoms with E-state index in [2.05, 4.69) is 41.8 Å². The summed E-state index contributed by atoms with van der Waals surface area (Å²) in [4.78, 5) is 1.41. The quantitative estimate of drug-likeness (QED) is 0.930. The third kappa shape index (κ3) is 2.46. The molecule has 2 nitrogen and oxygen atoms in total. The fourth-order valence-corrected chi connectivity index (χ4v) is 3.90. The van der Waals surface area contributed by atoms with Gasteiger partial charge < -0.3 is 10.5 Å². The molecule has 0 aliphatic carbocycles. The van der Waals surface area contributed by atoms with Crippen LogP contribution in [0.1, 0.15) is 17.7 Å². The molecule has 1 saturated heterocycles. The minimum Gasteiger partial charge on any atom is -0.381 e. The molecule has 0 spiro atoms. The molecular weight excluding hydrogens is 254 g/mol. The molecule has 1 aromatic carbocycles. The highest BCUT2D eigenvalue weighted by Crippen LogP contribution is 2.39. The highest BCUT2D eigenvalue weighted by molar-refractivity contribution is 7.10. The summed E-state index contributed by atoms with van der Waals surface area (Å²) >= 11 is 1.84. The smallest absolute Gasteiger partial charge is 0.0475 e. The predicted molar refractivity (Wildman–Crippen MR) is 80.5 cm³/mol. The van der Waals surface area contributed by atoms with Crippen LogP contribution < -0.4 is 5.73 Å². The summed E-state index contributed by atoms with van der Waals surface area (Å²) in [6.07, 6.45) is 2.08. The number of hydrogen-bond acceptors (Lipinski definition) is 3. The molecule has 0 bridgehead atoms. The van der Waals surface area contributed by atoms with E-state index < -0.39 is 0 Å². The zero-order valence-electron chi connectivity index (χ0n) is 11.0. The summed E-state index contributed by atoms with van der Waals surface area (Å²) in [6, 6.07) is 12.9. The predicted octanol–water partition coefficient (Wildman–Crippen LogP) is 3.42. The summed E-state index contributed by atoms with van der Waals surface area (Å²) in [6.45, 7) is 2.37. The Bertz CT molecular complexity index is 529. The molecule has 1 aliphatic heterocycles. The Kier molecular flexibility index (Phi) is 3.69. The number of hydrogen-bond donors (Lipinski definition) is 1. The van der Waals surface area contributed by atoms with E-state index in [-0.39, 0.29) is 5.41 Å². The van der Waals surface area contributed by atoms with Gasteiger partial charge in [-0.1, -0.05) is 30.3 Å². The first kappa shape index (κ1) is 12.9. The topological polar surface area (TPSA) is 35.2 Å². The highest BCUT2D eigenvalue weighted by atomic mass is 32.1. The molecule has 19 heavy (non-hydrogen) atoms. The molecule has 3 rings (SSSR count). The zero-order chi connectivity index (χ0) is 13.1. The average molecular weight is 273 g/mol. The van der Waals surface area contributed by atoms with Gasteiger partial charge in [-0.2, -0.15) is 0 Å². The zero-order valence-corrected chi connectivity index (χ0v) is 11.8. The number of nitrogens with two attached hydrogens (primary N) is 1. The number of thiophene rings is 1. The standard InChI is InChI=1S/C16H19NOS/c17-12-16(6-8-18-9-7-16)15-10-14(11-19-15)13-4-2-1-3-5-13/h1-5,10-11H,6-9,12,17H2. The van der Waals surface area contributed by atoms with E-state index >= 15 is 0 Å². The van der Waals surface area contributed by atoms with Gasteiger partial charge in [0.05, 0.1) is 0 Å². The lowest BCUT2D eigenvalue weighted by Crippen LogP contribution is -2.39. The average Bonchev–Trinajstić information content (AvgIpc) is 2.99. The normalized spacial score (nSPS) is 18.4. The Morgan fingerprint density at radius 3 is 2.53 bits per heavy atom. The Hall–Kier alpha value is -1.16. The maximum Gasteiger partial charge on any atom is 0.0475 e. The Labute approximate surface area is 118 Å². The van der Waals surface area contributed by atoms with Crippen LogP contribution in [-0.2, 0) is 10.2 Å². The Balaban J connectivity index is 1.92. The van der Waals surface area contributed by atoms with Crippen LogP contribution in [0.5, 0.6) is 0 Å². The van der Waals surface area contributed by atoms with Crippen molar-refractivity contribution >= 4 is 11.3 Å². The van der Waals surface area contributed by atoms with E-state index in [0.717, 1.165) is 26.1 Å². The van der Waals surface area contributed by atoms with Gasteiger partial charge in [0.1, 0.15) is 0 Å². The number of benzene rings is 1. The first-order valence-corrected chi connectivity index (χ1v) is 7.64. The third-order valence-electron chi connectivity index (χ3n) is 4.07. The number of ether oxygens (including phenoxy) is 1. The first-order valence-electron chi connectivity index (χ1n) is 6.76. The lowest BCUT2D eigenvalue weighted by molar-refractivity contribution is 0.0541. The molecule has 3 heteroatoms. The van der Waals surface area contributed by atoms with Gasteiger partial charge >= 0.3 is 0 Å². The van der Waals surface area contributed by atoms with Gasteiger partial charge in [-0.05, 0) is 35.4 Å². The van der Waals surface area contributed by atoms with Crippen LogP contribution in [0.15, 0.2) is 41.8 Å². The van der Waals surface area contributed by atoms with Gasteiger partial charge in [-0.15, -0.1) is 11.3 Å². The van der Waals surface area contributed by atoms with Crippen molar-refractivity contribution in [3.8, 4) is 11.1 Å². The van der Waals surface area contributed by atoms with Gasteiger partial charge in [0.25, 0.3) is 0 Å². The minimum atomic E-state index is 0.135. The second-order valence-electron chi connectivity index (χ2n) is 5.16. The highest BCUT2D eigenvalue weighted by Gasteiger charge is 2.34. The summed E-state index contributed by atoms with van der Waals surface area (Å²) in [5.41, 5.74) is 8.79. The molecule has 1 aliphatic rings. The molecule has 0 amide bonds. The van der Waals surface area contributed by atoms with Crippen molar-refractivity contribution in [3.05, 3.63) is 46.7 Å². The van der Waals surface area contributed by atoms with Crippen LogP contribution in [0.3, 0.4) is 0 Å². The Morgan fingerprint density at radius 1 is 1.11 bits per heavy atom. The first-order chi connectivity index (χ1) is 9.34. The maximum atomic E-state index is 6.07. The van der Waals surface area contributed by atoms with Crippen molar-refractivity contribution in [3.63, 3.8) is 0 Å². The van der Waals surface area contributed by atoms with Gasteiger partial charge in [0, 0.05) is 30.1 Å². The molecule has 0 atom stereocenters. The van der Waals surface area contributed by atoms with E-state index in [0.29, 0.717) is 6.54 Å². The van der Waals surface area contributed by atoms with Gasteiger partial charge in [0.15, 0.2) is 0 Å². The summed E-state index contributed by atoms with van der Waals surface area (Å²) < 4.78 is 5.49. The monoisotopic (exact) mass is 273 g/mol. The molecule has 0 radical (unpaired) electrons. The van der Waals surface area contributed by atoms with Crippen molar-refractivity contribution in [2.45, 2.75) is 18.3 Å². The second-order valence-corrected chi connectivity index (χ2v) is 6.07. The molecule has 2 N–H and O–H groups in total. The molecule has 0 saturated carbocycles. The molecule has 100 valence electrons. The van der Waals surface area contributed by atoms with Crippen LogP contribution >= 0.6 is 11.3 Å². The van der Waals surface area contributed by atoms with E-state index in [9.17, 15) is 0 Å². The summed E-state index contributed by atoms with van der Waals surface area (Å²) in [7, 11) is 0. The van der Waals surface area contributed by atoms with Crippen molar-refractivity contribution in [1.29, 1.82) is 0 Å². The van der Waals surface area contributed by atoms with Crippen molar-refractivity contribution < 1.29 is 4.74 Å². The lowest BCUT2D eigenvalue weighted by Gasteiger charge is -2.35. The van der Waals surface area contributed by atoms with E-state index in [4.69, 9.17) is 10.5 Å². The van der Waals surface area contributed by atoms with Gasteiger partial charge in [0.2, 0.25) is 0 Å². The summed E-state index contributed by atoms with van der Waals surface area (Å²) in [5, 5.41) is 2.25. The number of rotatable bonds is 3. The van der Waals surface area contributed by atoms with Gasteiger partial charge in [-0.25, -0.2) is 0 Å². The molecule has 2 heterocycles. The molecular formula is C16H19NOS. The van der Waals surface area contributed by atoms with Crippen molar-refractivity contribution in [1.82, 2.24) is 0 Å². The molecule has 0 unspecified atom stereocenters. The van der Waals surface area contributed by atoms with Crippen LogP contribution in [0.2, 0.25) is 0 Å². The van der Waals surface area contributed by atoms with Gasteiger partial charge in [-0.3, -0.25) is 0 Å². The van der Waals surface area contributed by atoms with Crippen molar-refractivity contribution in [2.75, 3.05) is 19.8 Å². The second kappa shape index (κ2) is 5.45. The van der Waals surface area contributed by atoms with Crippen LogP contribution in [0.4, 0.5) is 0 Å². The minimum absolute atomic E-state index is 0.135. The summed E-state index contributed by atoms with van der Waals surface area (Å²) in [5.74, 6) is 0. The third-order valence-corrected chi connectivity index (χ3v) is 5.25. The van der Waals surface area contributed by atoms with E-state index in [1.54, 1.807) is 0 Å². The van der Waals surface area contributed by atoms with Crippen LogP contribution in [0.25, 0.3) is 11.1 Å². The lowest BCUT2D eigenvalue weighted by atomic mass is 9.78.